The van der Waals surface area contributed by atoms with Gasteiger partial charge in [-0.3, -0.25) is 0 Å². The van der Waals surface area contributed by atoms with E-state index < -0.39 is 6.98 Å². The first kappa shape index (κ1) is 3.22. The molecular formula is C5H9N3O. The molecule has 50 valence electrons. The minimum absolute atomic E-state index is 0.112. The molecule has 0 amide bonds. The zero-order valence-corrected chi connectivity index (χ0v) is 4.70. The van der Waals surface area contributed by atoms with Gasteiger partial charge in [-0.05, 0) is 0 Å². The summed E-state index contributed by atoms with van der Waals surface area (Å²) in [5.74, 6) is -0.112. The second-order valence-corrected chi connectivity index (χ2v) is 1.60. The maximum absolute atomic E-state index is 8.73. The van der Waals surface area contributed by atoms with Crippen molar-refractivity contribution in [2.75, 3.05) is 5.73 Å². The molecule has 1 aromatic heterocycles. The van der Waals surface area contributed by atoms with Gasteiger partial charge >= 0.3 is 0 Å². The maximum Gasteiger partial charge on any atom is 0.200 e. The van der Waals surface area contributed by atoms with Crippen LogP contribution in [0, 0.1) is 0 Å². The van der Waals surface area contributed by atoms with Crippen LogP contribution in [-0.4, -0.2) is 14.7 Å². The van der Waals surface area contributed by atoms with Crippen molar-refractivity contribution in [2.24, 2.45) is 6.98 Å². The fourth-order valence-corrected chi connectivity index (χ4v) is 0.515. The molecule has 0 saturated heterocycles. The molecule has 0 radical (unpaired) electrons. The van der Waals surface area contributed by atoms with Crippen molar-refractivity contribution in [3.8, 4) is 0 Å². The third kappa shape index (κ3) is 0.882. The lowest BCUT2D eigenvalue weighted by Crippen LogP contribution is -2.00. The molecule has 1 rings (SSSR count). The van der Waals surface area contributed by atoms with E-state index in [4.69, 9.17) is 15.0 Å². The number of hydrogen-bond donors (Lipinski definition) is 2. The molecule has 3 N–H and O–H groups in total. The van der Waals surface area contributed by atoms with Crippen molar-refractivity contribution in [2.45, 2.75) is 6.61 Å². The van der Waals surface area contributed by atoms with E-state index in [9.17, 15) is 0 Å². The van der Waals surface area contributed by atoms with Crippen LogP contribution in [0.3, 0.4) is 0 Å². The summed E-state index contributed by atoms with van der Waals surface area (Å²) < 4.78 is 21.9. The predicted molar refractivity (Wildman–Crippen MR) is 33.5 cm³/mol. The smallest absolute Gasteiger partial charge is 0.200 e. The van der Waals surface area contributed by atoms with Crippen molar-refractivity contribution in [3.63, 3.8) is 0 Å². The third-order valence-corrected chi connectivity index (χ3v) is 1.02. The van der Waals surface area contributed by atoms with Gasteiger partial charge in [0.15, 0.2) is 5.95 Å². The Hall–Kier alpha value is -1.03. The molecule has 0 aliphatic heterocycles. The lowest BCUT2D eigenvalue weighted by molar-refractivity contribution is 0.273. The Balaban J connectivity index is 3.19. The Morgan fingerprint density at radius 2 is 2.89 bits per heavy atom. The molecule has 0 bridgehead atoms. The van der Waals surface area contributed by atoms with Crippen LogP contribution in [0.5, 0.6) is 0 Å². The average Bonchev–Trinajstić information content (AvgIpc) is 2.29. The van der Waals surface area contributed by atoms with Crippen molar-refractivity contribution in [1.29, 1.82) is 0 Å². The van der Waals surface area contributed by atoms with E-state index in [2.05, 4.69) is 4.98 Å². The number of imidazole rings is 1. The Labute approximate surface area is 57.1 Å². The van der Waals surface area contributed by atoms with Crippen LogP contribution in [0.15, 0.2) is 6.20 Å². The van der Waals surface area contributed by atoms with E-state index in [0.29, 0.717) is 0 Å². The van der Waals surface area contributed by atoms with E-state index >= 15 is 0 Å². The first-order valence-electron chi connectivity index (χ1n) is 3.90. The van der Waals surface area contributed by atoms with Crippen molar-refractivity contribution in [3.05, 3.63) is 11.9 Å². The van der Waals surface area contributed by atoms with E-state index in [1.807, 2.05) is 0 Å². The Bertz CT molecular complexity index is 280. The highest BCUT2D eigenvalue weighted by Gasteiger charge is 1.98. The minimum atomic E-state index is -2.38. The summed E-state index contributed by atoms with van der Waals surface area (Å²) in [6.07, 6.45) is 1.24. The summed E-state index contributed by atoms with van der Waals surface area (Å²) in [4.78, 5) is 3.57. The van der Waals surface area contributed by atoms with Crippen LogP contribution in [0.25, 0.3) is 0 Å². The number of rotatable bonds is 1. The van der Waals surface area contributed by atoms with E-state index in [1.165, 1.54) is 6.20 Å². The van der Waals surface area contributed by atoms with Crippen molar-refractivity contribution < 1.29 is 9.22 Å². The van der Waals surface area contributed by atoms with Gasteiger partial charge in [0.1, 0.15) is 0 Å². The molecular weight excluding hydrogens is 118 g/mol. The lowest BCUT2D eigenvalue weighted by atomic mass is 10.5. The number of anilines is 1. The first-order valence-corrected chi connectivity index (χ1v) is 2.40. The van der Waals surface area contributed by atoms with Crippen LogP contribution in [0.2, 0.25) is 0 Å². The number of aromatic nitrogens is 2. The van der Waals surface area contributed by atoms with Gasteiger partial charge in [-0.25, -0.2) is 4.98 Å². The van der Waals surface area contributed by atoms with Gasteiger partial charge in [-0.15, -0.1) is 0 Å². The number of nitrogens with zero attached hydrogens (tertiary/aromatic N) is 2. The molecule has 4 heteroatoms. The summed E-state index contributed by atoms with van der Waals surface area (Å²) in [5.41, 5.74) is 5.47. The Morgan fingerprint density at radius 3 is 3.33 bits per heavy atom. The van der Waals surface area contributed by atoms with Gasteiger partial charge in [0.2, 0.25) is 0 Å². The molecule has 0 aliphatic rings. The van der Waals surface area contributed by atoms with Crippen molar-refractivity contribution in [1.82, 2.24) is 9.55 Å². The van der Waals surface area contributed by atoms with E-state index in [0.717, 1.165) is 4.57 Å². The summed E-state index contributed by atoms with van der Waals surface area (Å²) in [5, 5.41) is 8.73. The molecule has 0 aromatic carbocycles. The molecule has 0 spiro atoms. The maximum atomic E-state index is 8.73. The molecule has 1 aromatic rings. The zero-order valence-electron chi connectivity index (χ0n) is 7.70. The number of aliphatic hydroxyl groups excluding tert-OH is 1. The molecule has 0 aliphatic carbocycles. The van der Waals surface area contributed by atoms with Crippen LogP contribution in [0.1, 0.15) is 9.81 Å². The number of nitrogen functional groups attached to an aromatic ring is 1. The second-order valence-electron chi connectivity index (χ2n) is 1.60. The largest absolute Gasteiger partial charge is 0.390 e. The summed E-state index contributed by atoms with van der Waals surface area (Å²) in [6, 6.07) is 0. The van der Waals surface area contributed by atoms with Gasteiger partial charge in [-0.2, -0.15) is 0 Å². The molecule has 0 atom stereocenters. The normalized spacial score (nSPS) is 16.3. The molecule has 9 heavy (non-hydrogen) atoms. The van der Waals surface area contributed by atoms with E-state index in [-0.39, 0.29) is 18.2 Å². The van der Waals surface area contributed by atoms with Crippen LogP contribution < -0.4 is 5.73 Å². The highest BCUT2D eigenvalue weighted by atomic mass is 16.3. The van der Waals surface area contributed by atoms with Gasteiger partial charge in [0, 0.05) is 11.1 Å². The van der Waals surface area contributed by atoms with Gasteiger partial charge in [-0.1, -0.05) is 0 Å². The van der Waals surface area contributed by atoms with Crippen LogP contribution in [0.4, 0.5) is 5.95 Å². The Morgan fingerprint density at radius 1 is 2.11 bits per heavy atom. The molecule has 0 fully saturated rings. The topological polar surface area (TPSA) is 64.1 Å². The molecule has 4 nitrogen and oxygen atoms in total. The molecule has 1 heterocycles. The first-order chi connectivity index (χ1) is 5.46. The summed E-state index contributed by atoms with van der Waals surface area (Å²) >= 11 is 0. The van der Waals surface area contributed by atoms with Gasteiger partial charge in [0.05, 0.1) is 18.5 Å². The standard InChI is InChI=1S/C5H9N3O/c1-8-4(3-9)2-7-5(8)6/h2,9H,3H2,1H3,(H2,6,7)/i1D3. The van der Waals surface area contributed by atoms with Gasteiger partial charge in [0.25, 0.3) is 0 Å². The number of hydrogen-bond acceptors (Lipinski definition) is 3. The van der Waals surface area contributed by atoms with E-state index in [1.54, 1.807) is 0 Å². The third-order valence-electron chi connectivity index (χ3n) is 1.02. The quantitative estimate of drug-likeness (QED) is 0.538. The fraction of sp³-hybridized carbons (Fsp3) is 0.400. The lowest BCUT2D eigenvalue weighted by Gasteiger charge is -1.96. The Kier molecular flexibility index (Phi) is 0.738. The molecule has 0 saturated carbocycles. The molecule has 0 unspecified atom stereocenters. The highest BCUT2D eigenvalue weighted by molar-refractivity contribution is 5.21. The van der Waals surface area contributed by atoms with Crippen LogP contribution >= 0.6 is 0 Å². The van der Waals surface area contributed by atoms with Crippen molar-refractivity contribution >= 4 is 5.95 Å². The summed E-state index contributed by atoms with van der Waals surface area (Å²) in [6.45, 7) is -2.76. The highest BCUT2D eigenvalue weighted by Crippen LogP contribution is 2.02. The predicted octanol–water partition coefficient (Wildman–Crippen LogP) is -0.505. The van der Waals surface area contributed by atoms with Gasteiger partial charge < -0.3 is 15.4 Å². The number of nitrogens with two attached hydrogens (primary N) is 1. The SMILES string of the molecule is [2H]C([2H])([2H])n1c(CO)cnc1N. The van der Waals surface area contributed by atoms with Crippen LogP contribution in [-0.2, 0) is 13.6 Å². The minimum Gasteiger partial charge on any atom is -0.390 e. The monoisotopic (exact) mass is 130 g/mol. The fourth-order valence-electron chi connectivity index (χ4n) is 0.515. The second kappa shape index (κ2) is 2.06. The zero-order chi connectivity index (χ0) is 9.35. The summed E-state index contributed by atoms with van der Waals surface area (Å²) in [7, 11) is 0. The average molecular weight is 130 g/mol. The number of aliphatic hydroxyl groups is 1.